The number of nitrogens with zero attached hydrogens (tertiary/aromatic N) is 1. The molecular formula is C10H11NO5. The van der Waals surface area contributed by atoms with Gasteiger partial charge in [-0.15, -0.1) is 0 Å². The molecule has 1 atom stereocenters. The van der Waals surface area contributed by atoms with E-state index in [0.29, 0.717) is 0 Å². The van der Waals surface area contributed by atoms with E-state index in [1.54, 1.807) is 0 Å². The lowest BCUT2D eigenvalue weighted by Gasteiger charge is -2.19. The predicted molar refractivity (Wildman–Crippen MR) is 51.8 cm³/mol. The molecule has 1 aliphatic heterocycles. The lowest BCUT2D eigenvalue weighted by molar-refractivity contribution is -0.166. The number of carbonyl (C=O) groups is 4. The van der Waals surface area contributed by atoms with E-state index >= 15 is 0 Å². The molecule has 0 saturated carbocycles. The molecule has 6 nitrogen and oxygen atoms in total. The number of amides is 2. The molecule has 0 N–H and O–H groups in total. The third kappa shape index (κ3) is 2.33. The van der Waals surface area contributed by atoms with Crippen molar-refractivity contribution in [1.29, 1.82) is 0 Å². The molecule has 0 aromatic heterocycles. The summed E-state index contributed by atoms with van der Waals surface area (Å²) in [5, 5.41) is 0. The van der Waals surface area contributed by atoms with Crippen molar-refractivity contribution in [2.75, 3.05) is 0 Å². The zero-order valence-corrected chi connectivity index (χ0v) is 8.93. The summed E-state index contributed by atoms with van der Waals surface area (Å²) in [6.45, 7) is 2.86. The summed E-state index contributed by atoms with van der Waals surface area (Å²) in [5.41, 5.74) is 0. The number of imide groups is 1. The van der Waals surface area contributed by atoms with Crippen molar-refractivity contribution in [3.05, 3.63) is 12.2 Å². The molecule has 16 heavy (non-hydrogen) atoms. The minimum absolute atomic E-state index is 0.0542. The number of ether oxygens (including phenoxy) is 1. The molecular weight excluding hydrogens is 214 g/mol. The molecule has 0 aliphatic carbocycles. The minimum atomic E-state index is -1.09. The average molecular weight is 225 g/mol. The van der Waals surface area contributed by atoms with Crippen LogP contribution in [0.5, 0.6) is 0 Å². The Morgan fingerprint density at radius 2 is 1.81 bits per heavy atom. The van der Waals surface area contributed by atoms with Crippen molar-refractivity contribution < 1.29 is 23.9 Å². The first-order valence-electron chi connectivity index (χ1n) is 4.77. The molecule has 0 aromatic carbocycles. The summed E-state index contributed by atoms with van der Waals surface area (Å²) in [6.07, 6.45) is 2.18. The Hall–Kier alpha value is -1.98. The smallest absolute Gasteiger partial charge is 0.336 e. The first-order chi connectivity index (χ1) is 7.47. The Bertz CT molecular complexity index is 367. The first-order valence-corrected chi connectivity index (χ1v) is 4.77. The van der Waals surface area contributed by atoms with E-state index < -0.39 is 29.8 Å². The lowest BCUT2D eigenvalue weighted by atomic mass is 10.3. The van der Waals surface area contributed by atoms with Gasteiger partial charge in [0, 0.05) is 18.6 Å². The van der Waals surface area contributed by atoms with Gasteiger partial charge in [-0.25, -0.2) is 4.79 Å². The van der Waals surface area contributed by atoms with Crippen molar-refractivity contribution in [2.45, 2.75) is 26.3 Å². The van der Waals surface area contributed by atoms with E-state index in [0.717, 1.165) is 17.1 Å². The molecule has 0 aromatic rings. The standard InChI is InChI=1S/C10H11NO5/c1-3-9(14)16-10(15)6(2)11-7(12)4-5-8(11)13/h4-6H,3H2,1-2H3. The van der Waals surface area contributed by atoms with Crippen molar-refractivity contribution in [2.24, 2.45) is 0 Å². The summed E-state index contributed by atoms with van der Waals surface area (Å²) in [5.74, 6) is -2.77. The second-order valence-corrected chi connectivity index (χ2v) is 3.20. The van der Waals surface area contributed by atoms with Crippen LogP contribution in [0.15, 0.2) is 12.2 Å². The highest BCUT2D eigenvalue weighted by Gasteiger charge is 2.34. The zero-order valence-electron chi connectivity index (χ0n) is 8.93. The van der Waals surface area contributed by atoms with E-state index in [1.165, 1.54) is 13.8 Å². The molecule has 0 fully saturated rings. The summed E-state index contributed by atoms with van der Waals surface area (Å²) in [6, 6.07) is -1.09. The number of hydrogen-bond donors (Lipinski definition) is 0. The van der Waals surface area contributed by atoms with E-state index in [2.05, 4.69) is 4.74 Å². The van der Waals surface area contributed by atoms with Gasteiger partial charge < -0.3 is 4.74 Å². The van der Waals surface area contributed by atoms with Gasteiger partial charge in [-0.2, -0.15) is 0 Å². The lowest BCUT2D eigenvalue weighted by Crippen LogP contribution is -2.44. The predicted octanol–water partition coefficient (Wildman–Crippen LogP) is -0.220. The minimum Gasteiger partial charge on any atom is -0.392 e. The fourth-order valence-electron chi connectivity index (χ4n) is 1.17. The number of esters is 2. The maximum Gasteiger partial charge on any atom is 0.336 e. The summed E-state index contributed by atoms with van der Waals surface area (Å²) >= 11 is 0. The van der Waals surface area contributed by atoms with Crippen LogP contribution in [0.3, 0.4) is 0 Å². The van der Waals surface area contributed by atoms with Crippen LogP contribution in [0.25, 0.3) is 0 Å². The van der Waals surface area contributed by atoms with E-state index in [-0.39, 0.29) is 6.42 Å². The summed E-state index contributed by atoms with van der Waals surface area (Å²) in [4.78, 5) is 45.4. The van der Waals surface area contributed by atoms with Crippen molar-refractivity contribution in [1.82, 2.24) is 4.90 Å². The molecule has 1 aliphatic rings. The maximum absolute atomic E-state index is 11.4. The van der Waals surface area contributed by atoms with Crippen LogP contribution in [-0.4, -0.2) is 34.7 Å². The van der Waals surface area contributed by atoms with Crippen LogP contribution in [0.1, 0.15) is 20.3 Å². The SMILES string of the molecule is CCC(=O)OC(=O)C(C)N1C(=O)C=CC1=O. The van der Waals surface area contributed by atoms with Crippen LogP contribution in [-0.2, 0) is 23.9 Å². The third-order valence-electron chi connectivity index (χ3n) is 2.07. The molecule has 1 unspecified atom stereocenters. The van der Waals surface area contributed by atoms with Gasteiger partial charge in [-0.05, 0) is 6.92 Å². The highest BCUT2D eigenvalue weighted by molar-refractivity contribution is 6.15. The Kier molecular flexibility index (Phi) is 3.55. The molecule has 0 spiro atoms. The number of rotatable bonds is 3. The molecule has 0 radical (unpaired) electrons. The van der Waals surface area contributed by atoms with Crippen LogP contribution in [0.2, 0.25) is 0 Å². The highest BCUT2D eigenvalue weighted by atomic mass is 16.6. The molecule has 86 valence electrons. The van der Waals surface area contributed by atoms with Crippen LogP contribution >= 0.6 is 0 Å². The van der Waals surface area contributed by atoms with Gasteiger partial charge in [-0.1, -0.05) is 6.92 Å². The van der Waals surface area contributed by atoms with Crippen molar-refractivity contribution in [3.63, 3.8) is 0 Å². The monoisotopic (exact) mass is 225 g/mol. The fourth-order valence-corrected chi connectivity index (χ4v) is 1.17. The topological polar surface area (TPSA) is 80.8 Å². The van der Waals surface area contributed by atoms with Gasteiger partial charge in [-0.3, -0.25) is 19.3 Å². The Morgan fingerprint density at radius 3 is 2.25 bits per heavy atom. The summed E-state index contributed by atoms with van der Waals surface area (Å²) in [7, 11) is 0. The van der Waals surface area contributed by atoms with E-state index in [9.17, 15) is 19.2 Å². The fraction of sp³-hybridized carbons (Fsp3) is 0.400. The van der Waals surface area contributed by atoms with Crippen molar-refractivity contribution in [3.8, 4) is 0 Å². The van der Waals surface area contributed by atoms with Gasteiger partial charge in [0.2, 0.25) is 0 Å². The quantitative estimate of drug-likeness (QED) is 0.377. The maximum atomic E-state index is 11.4. The first kappa shape index (κ1) is 12.1. The number of hydrogen-bond acceptors (Lipinski definition) is 5. The molecule has 6 heteroatoms. The van der Waals surface area contributed by atoms with Crippen LogP contribution in [0, 0.1) is 0 Å². The average Bonchev–Trinajstić information content (AvgIpc) is 2.57. The molecule has 0 bridgehead atoms. The van der Waals surface area contributed by atoms with Crippen molar-refractivity contribution >= 4 is 23.8 Å². The summed E-state index contributed by atoms with van der Waals surface area (Å²) < 4.78 is 4.42. The molecule has 1 heterocycles. The molecule has 2 amide bonds. The van der Waals surface area contributed by atoms with Gasteiger partial charge in [0.1, 0.15) is 6.04 Å². The van der Waals surface area contributed by atoms with Gasteiger partial charge in [0.15, 0.2) is 0 Å². The Labute approximate surface area is 91.8 Å². The third-order valence-corrected chi connectivity index (χ3v) is 2.07. The molecule has 0 saturated heterocycles. The van der Waals surface area contributed by atoms with Gasteiger partial charge in [0.25, 0.3) is 11.8 Å². The van der Waals surface area contributed by atoms with E-state index in [4.69, 9.17) is 0 Å². The normalized spacial score (nSPS) is 16.5. The van der Waals surface area contributed by atoms with Gasteiger partial charge in [0.05, 0.1) is 0 Å². The largest absolute Gasteiger partial charge is 0.392 e. The Balaban J connectivity index is 2.68. The van der Waals surface area contributed by atoms with Crippen LogP contribution < -0.4 is 0 Å². The van der Waals surface area contributed by atoms with Crippen LogP contribution in [0.4, 0.5) is 0 Å². The highest BCUT2D eigenvalue weighted by Crippen LogP contribution is 2.10. The van der Waals surface area contributed by atoms with E-state index in [1.807, 2.05) is 0 Å². The molecule has 1 rings (SSSR count). The number of carbonyl (C=O) groups excluding carboxylic acids is 4. The Morgan fingerprint density at radius 1 is 1.31 bits per heavy atom. The second-order valence-electron chi connectivity index (χ2n) is 3.20. The zero-order chi connectivity index (χ0) is 12.3. The van der Waals surface area contributed by atoms with Gasteiger partial charge >= 0.3 is 11.9 Å². The second kappa shape index (κ2) is 4.69.